The third-order valence-electron chi connectivity index (χ3n) is 2.66. The molecule has 2 aromatic rings. The molecule has 2 rings (SSSR count). The van der Waals surface area contributed by atoms with Crippen LogP contribution in [-0.2, 0) is 6.54 Å². The summed E-state index contributed by atoms with van der Waals surface area (Å²) >= 11 is 0. The fourth-order valence-corrected chi connectivity index (χ4v) is 1.76. The molecule has 0 fully saturated rings. The molecule has 0 aromatic carbocycles. The van der Waals surface area contributed by atoms with Gasteiger partial charge in [-0.15, -0.1) is 6.58 Å². The first-order valence-corrected chi connectivity index (χ1v) is 5.30. The van der Waals surface area contributed by atoms with Crippen molar-refractivity contribution in [2.75, 3.05) is 0 Å². The Morgan fingerprint density at radius 3 is 3.00 bits per heavy atom. The lowest BCUT2D eigenvalue weighted by Crippen LogP contribution is -2.20. The van der Waals surface area contributed by atoms with Gasteiger partial charge in [0.15, 0.2) is 0 Å². The lowest BCUT2D eigenvalue weighted by atomic mass is 10.2. The number of hydrogen-bond acceptors (Lipinski definition) is 2. The van der Waals surface area contributed by atoms with Gasteiger partial charge in [-0.3, -0.25) is 9.36 Å². The van der Waals surface area contributed by atoms with Crippen LogP contribution < -0.4 is 5.56 Å². The van der Waals surface area contributed by atoms with E-state index in [-0.39, 0.29) is 5.56 Å². The SMILES string of the molecule is C=CCCn1c(=O)ccc2c(C)ccnc21. The van der Waals surface area contributed by atoms with Crippen LogP contribution in [0.2, 0.25) is 0 Å². The van der Waals surface area contributed by atoms with Crippen molar-refractivity contribution < 1.29 is 0 Å². The van der Waals surface area contributed by atoms with Crippen molar-refractivity contribution >= 4 is 11.0 Å². The number of rotatable bonds is 3. The van der Waals surface area contributed by atoms with Gasteiger partial charge >= 0.3 is 0 Å². The summed E-state index contributed by atoms with van der Waals surface area (Å²) in [7, 11) is 0. The van der Waals surface area contributed by atoms with Gasteiger partial charge < -0.3 is 0 Å². The van der Waals surface area contributed by atoms with E-state index in [0.717, 1.165) is 23.0 Å². The summed E-state index contributed by atoms with van der Waals surface area (Å²) in [5.41, 5.74) is 1.89. The van der Waals surface area contributed by atoms with Gasteiger partial charge in [0.2, 0.25) is 0 Å². The van der Waals surface area contributed by atoms with E-state index >= 15 is 0 Å². The zero-order valence-electron chi connectivity index (χ0n) is 9.31. The Labute approximate surface area is 94.1 Å². The number of hydrogen-bond donors (Lipinski definition) is 0. The molecule has 82 valence electrons. The minimum atomic E-state index is -0.00699. The van der Waals surface area contributed by atoms with E-state index in [1.54, 1.807) is 22.9 Å². The first-order chi connectivity index (χ1) is 7.74. The maximum Gasteiger partial charge on any atom is 0.252 e. The van der Waals surface area contributed by atoms with E-state index in [9.17, 15) is 4.79 Å². The minimum absolute atomic E-state index is 0.00699. The van der Waals surface area contributed by atoms with Gasteiger partial charge in [0.1, 0.15) is 5.65 Å². The average Bonchev–Trinajstić information content (AvgIpc) is 2.28. The fourth-order valence-electron chi connectivity index (χ4n) is 1.76. The molecular weight excluding hydrogens is 200 g/mol. The molecule has 16 heavy (non-hydrogen) atoms. The predicted octanol–water partition coefficient (Wildman–Crippen LogP) is 2.28. The van der Waals surface area contributed by atoms with Crippen molar-refractivity contribution in [1.29, 1.82) is 0 Å². The van der Waals surface area contributed by atoms with E-state index < -0.39 is 0 Å². The van der Waals surface area contributed by atoms with Crippen LogP contribution in [0.3, 0.4) is 0 Å². The summed E-state index contributed by atoms with van der Waals surface area (Å²) in [6.07, 6.45) is 4.32. The monoisotopic (exact) mass is 214 g/mol. The number of aromatic nitrogens is 2. The standard InChI is InChI=1S/C13H14N2O/c1-3-4-9-15-12(16)6-5-11-10(2)7-8-14-13(11)15/h3,5-8H,1,4,9H2,2H3. The molecule has 0 N–H and O–H groups in total. The smallest absolute Gasteiger partial charge is 0.252 e. The third kappa shape index (κ3) is 1.76. The molecule has 0 aliphatic carbocycles. The topological polar surface area (TPSA) is 34.9 Å². The zero-order chi connectivity index (χ0) is 11.5. The fraction of sp³-hybridized carbons (Fsp3) is 0.231. The Hall–Kier alpha value is -1.90. The molecular formula is C13H14N2O. The van der Waals surface area contributed by atoms with Crippen molar-refractivity contribution in [3.05, 3.63) is 53.0 Å². The molecule has 0 atom stereocenters. The highest BCUT2D eigenvalue weighted by molar-refractivity contribution is 5.78. The van der Waals surface area contributed by atoms with Gasteiger partial charge in [-0.2, -0.15) is 0 Å². The van der Waals surface area contributed by atoms with Crippen LogP contribution in [0.4, 0.5) is 0 Å². The molecule has 0 bridgehead atoms. The lowest BCUT2D eigenvalue weighted by Gasteiger charge is -2.08. The van der Waals surface area contributed by atoms with Crippen LogP contribution in [0, 0.1) is 6.92 Å². The molecule has 0 radical (unpaired) electrons. The Morgan fingerprint density at radius 2 is 2.25 bits per heavy atom. The summed E-state index contributed by atoms with van der Waals surface area (Å²) in [5.74, 6) is 0. The average molecular weight is 214 g/mol. The van der Waals surface area contributed by atoms with Crippen LogP contribution in [0.1, 0.15) is 12.0 Å². The second kappa shape index (κ2) is 4.31. The molecule has 2 heterocycles. The van der Waals surface area contributed by atoms with Crippen molar-refractivity contribution in [3.8, 4) is 0 Å². The lowest BCUT2D eigenvalue weighted by molar-refractivity contribution is 0.701. The van der Waals surface area contributed by atoms with Gasteiger partial charge in [0.05, 0.1) is 0 Å². The molecule has 0 aliphatic rings. The van der Waals surface area contributed by atoms with Crippen LogP contribution in [0.5, 0.6) is 0 Å². The Morgan fingerprint density at radius 1 is 1.44 bits per heavy atom. The van der Waals surface area contributed by atoms with Crippen molar-refractivity contribution in [3.63, 3.8) is 0 Å². The Kier molecular flexibility index (Phi) is 2.86. The maximum absolute atomic E-state index is 11.7. The highest BCUT2D eigenvalue weighted by Crippen LogP contribution is 2.13. The van der Waals surface area contributed by atoms with Crippen molar-refractivity contribution in [2.45, 2.75) is 19.9 Å². The molecule has 3 heteroatoms. The Balaban J connectivity index is 2.69. The molecule has 0 saturated carbocycles. The summed E-state index contributed by atoms with van der Waals surface area (Å²) < 4.78 is 1.70. The number of fused-ring (bicyclic) bond motifs is 1. The molecule has 0 unspecified atom stereocenters. The van der Waals surface area contributed by atoms with Crippen LogP contribution in [0.25, 0.3) is 11.0 Å². The third-order valence-corrected chi connectivity index (χ3v) is 2.66. The minimum Gasteiger partial charge on any atom is -0.292 e. The number of aryl methyl sites for hydroxylation is 2. The number of allylic oxidation sites excluding steroid dienone is 1. The first kappa shape index (κ1) is 10.6. The number of pyridine rings is 2. The van der Waals surface area contributed by atoms with Crippen molar-refractivity contribution in [1.82, 2.24) is 9.55 Å². The second-order valence-electron chi connectivity index (χ2n) is 3.77. The second-order valence-corrected chi connectivity index (χ2v) is 3.77. The quantitative estimate of drug-likeness (QED) is 0.735. The highest BCUT2D eigenvalue weighted by Gasteiger charge is 2.04. The molecule has 0 amide bonds. The molecule has 0 aliphatic heterocycles. The van der Waals surface area contributed by atoms with E-state index in [4.69, 9.17) is 0 Å². The van der Waals surface area contributed by atoms with E-state index in [1.807, 2.05) is 19.1 Å². The summed E-state index contributed by atoms with van der Waals surface area (Å²) in [4.78, 5) is 16.0. The highest BCUT2D eigenvalue weighted by atomic mass is 16.1. The zero-order valence-corrected chi connectivity index (χ0v) is 9.31. The number of nitrogens with zero attached hydrogens (tertiary/aromatic N) is 2. The summed E-state index contributed by atoms with van der Waals surface area (Å²) in [5, 5.41) is 1.03. The van der Waals surface area contributed by atoms with Crippen molar-refractivity contribution in [2.24, 2.45) is 0 Å². The molecule has 0 spiro atoms. The summed E-state index contributed by atoms with van der Waals surface area (Å²) in [6, 6.07) is 5.38. The van der Waals surface area contributed by atoms with Crippen LogP contribution in [-0.4, -0.2) is 9.55 Å². The molecule has 3 nitrogen and oxygen atoms in total. The normalized spacial score (nSPS) is 10.6. The van der Waals surface area contributed by atoms with Gasteiger partial charge in [-0.25, -0.2) is 4.98 Å². The maximum atomic E-state index is 11.7. The van der Waals surface area contributed by atoms with Gasteiger partial charge in [-0.05, 0) is 31.0 Å². The van der Waals surface area contributed by atoms with E-state index in [1.165, 1.54) is 0 Å². The van der Waals surface area contributed by atoms with Crippen LogP contribution in [0.15, 0.2) is 41.8 Å². The molecule has 2 aromatic heterocycles. The Bertz CT molecular complexity index is 584. The van der Waals surface area contributed by atoms with Crippen LogP contribution >= 0.6 is 0 Å². The predicted molar refractivity (Wildman–Crippen MR) is 65.6 cm³/mol. The van der Waals surface area contributed by atoms with Gasteiger partial charge in [0.25, 0.3) is 5.56 Å². The summed E-state index contributed by atoms with van der Waals surface area (Å²) in [6.45, 7) is 6.32. The van der Waals surface area contributed by atoms with Gasteiger partial charge in [0, 0.05) is 24.2 Å². The van der Waals surface area contributed by atoms with E-state index in [0.29, 0.717) is 6.54 Å². The van der Waals surface area contributed by atoms with Gasteiger partial charge in [-0.1, -0.05) is 6.08 Å². The van der Waals surface area contributed by atoms with E-state index in [2.05, 4.69) is 11.6 Å². The largest absolute Gasteiger partial charge is 0.292 e. The first-order valence-electron chi connectivity index (χ1n) is 5.30. The molecule has 0 saturated heterocycles.